The molecule has 2 aromatic rings. The largest absolute Gasteiger partial charge is 0.283 e. The van der Waals surface area contributed by atoms with Gasteiger partial charge in [-0.1, -0.05) is 58.7 Å². The number of nitrogens with zero attached hydrogens (tertiary/aromatic N) is 4. The Kier molecular flexibility index (Phi) is 5.75. The Bertz CT molecular complexity index is 901. The summed E-state index contributed by atoms with van der Waals surface area (Å²) in [6.07, 6.45) is 7.59. The highest BCUT2D eigenvalue weighted by Gasteiger charge is 2.38. The van der Waals surface area contributed by atoms with Crippen molar-refractivity contribution in [1.82, 2.24) is 15.1 Å². The number of aryl methyl sites for hydroxylation is 1. The highest BCUT2D eigenvalue weighted by atomic mass is 79.9. The lowest BCUT2D eigenvalue weighted by Gasteiger charge is -2.30. The Labute approximate surface area is 175 Å². The summed E-state index contributed by atoms with van der Waals surface area (Å²) in [5.74, 6) is 0.0507. The minimum absolute atomic E-state index is 0.0507. The van der Waals surface area contributed by atoms with Gasteiger partial charge in [0.1, 0.15) is 5.01 Å². The molecule has 1 saturated carbocycles. The summed E-state index contributed by atoms with van der Waals surface area (Å²) in [5, 5.41) is 10.4. The first-order chi connectivity index (χ1) is 13.1. The van der Waals surface area contributed by atoms with Gasteiger partial charge in [0.15, 0.2) is 5.17 Å². The Morgan fingerprint density at radius 3 is 2.59 bits per heavy atom. The van der Waals surface area contributed by atoms with E-state index >= 15 is 0 Å². The molecule has 0 bridgehead atoms. The number of halogens is 1. The molecule has 1 amide bonds. The van der Waals surface area contributed by atoms with Crippen LogP contribution in [0.1, 0.15) is 42.7 Å². The van der Waals surface area contributed by atoms with Crippen molar-refractivity contribution in [2.24, 2.45) is 4.99 Å². The molecule has 1 aromatic heterocycles. The number of aliphatic imine (C=N–C) groups is 1. The van der Waals surface area contributed by atoms with E-state index in [0.717, 1.165) is 45.9 Å². The van der Waals surface area contributed by atoms with Gasteiger partial charge in [0.25, 0.3) is 5.91 Å². The van der Waals surface area contributed by atoms with Crippen LogP contribution >= 0.6 is 39.0 Å². The normalized spacial score (nSPS) is 21.6. The molecule has 0 unspecified atom stereocenters. The van der Waals surface area contributed by atoms with Crippen LogP contribution in [-0.2, 0) is 4.79 Å². The number of rotatable bonds is 3. The van der Waals surface area contributed by atoms with Gasteiger partial charge in [-0.15, -0.1) is 10.2 Å². The molecule has 4 rings (SSSR count). The van der Waals surface area contributed by atoms with Crippen LogP contribution in [0.4, 0.5) is 5.13 Å². The van der Waals surface area contributed by atoms with Crippen LogP contribution in [0.25, 0.3) is 6.08 Å². The number of thioether (sulfide) groups is 1. The summed E-state index contributed by atoms with van der Waals surface area (Å²) in [6.45, 7) is 1.91. The molecular weight excluding hydrogens is 444 g/mol. The van der Waals surface area contributed by atoms with Gasteiger partial charge in [-0.05, 0) is 55.3 Å². The first kappa shape index (κ1) is 18.8. The third-order valence-electron chi connectivity index (χ3n) is 4.65. The van der Waals surface area contributed by atoms with E-state index in [9.17, 15) is 4.79 Å². The fourth-order valence-corrected chi connectivity index (χ4v) is 5.27. The topological polar surface area (TPSA) is 58.5 Å². The Balaban J connectivity index is 1.68. The Morgan fingerprint density at radius 1 is 1.19 bits per heavy atom. The van der Waals surface area contributed by atoms with Crippen LogP contribution in [0.15, 0.2) is 38.6 Å². The zero-order valence-electron chi connectivity index (χ0n) is 14.9. The molecule has 0 N–H and O–H groups in total. The van der Waals surface area contributed by atoms with E-state index in [0.29, 0.717) is 10.0 Å². The fraction of sp³-hybridized carbons (Fsp3) is 0.368. The molecule has 1 aliphatic heterocycles. The summed E-state index contributed by atoms with van der Waals surface area (Å²) in [5.41, 5.74) is 1.01. The first-order valence-electron chi connectivity index (χ1n) is 8.97. The second kappa shape index (κ2) is 8.24. The van der Waals surface area contributed by atoms with E-state index in [1.54, 1.807) is 0 Å². The van der Waals surface area contributed by atoms with Gasteiger partial charge in [-0.2, -0.15) is 4.99 Å². The third kappa shape index (κ3) is 4.33. The second-order valence-electron chi connectivity index (χ2n) is 6.63. The van der Waals surface area contributed by atoms with Crippen LogP contribution in [0.3, 0.4) is 0 Å². The molecule has 2 aliphatic rings. The Morgan fingerprint density at radius 2 is 1.93 bits per heavy atom. The molecule has 2 fully saturated rings. The zero-order chi connectivity index (χ0) is 18.8. The molecule has 5 nitrogen and oxygen atoms in total. The minimum atomic E-state index is 0.0507. The number of amides is 1. The zero-order valence-corrected chi connectivity index (χ0v) is 18.1. The predicted octanol–water partition coefficient (Wildman–Crippen LogP) is 5.55. The Hall–Kier alpha value is -1.51. The monoisotopic (exact) mass is 462 g/mol. The van der Waals surface area contributed by atoms with Gasteiger partial charge >= 0.3 is 0 Å². The van der Waals surface area contributed by atoms with Crippen LogP contribution in [0.5, 0.6) is 0 Å². The minimum Gasteiger partial charge on any atom is -0.283 e. The average molecular weight is 463 g/mol. The second-order valence-corrected chi connectivity index (χ2v) is 9.71. The van der Waals surface area contributed by atoms with E-state index in [-0.39, 0.29) is 11.9 Å². The van der Waals surface area contributed by atoms with Crippen LogP contribution in [-0.4, -0.2) is 32.2 Å². The van der Waals surface area contributed by atoms with E-state index in [1.807, 2.05) is 42.2 Å². The highest BCUT2D eigenvalue weighted by molar-refractivity contribution is 9.10. The van der Waals surface area contributed by atoms with Crippen molar-refractivity contribution in [3.8, 4) is 0 Å². The van der Waals surface area contributed by atoms with Crippen molar-refractivity contribution in [3.63, 3.8) is 0 Å². The van der Waals surface area contributed by atoms with E-state index in [1.165, 1.54) is 29.5 Å². The lowest BCUT2D eigenvalue weighted by molar-refractivity contribution is -0.124. The van der Waals surface area contributed by atoms with Crippen molar-refractivity contribution >= 4 is 61.3 Å². The maximum atomic E-state index is 13.2. The number of hydrogen-bond donors (Lipinski definition) is 0. The number of benzene rings is 1. The molecule has 1 aliphatic carbocycles. The molecule has 1 aromatic carbocycles. The first-order valence-corrected chi connectivity index (χ1v) is 11.4. The lowest BCUT2D eigenvalue weighted by atomic mass is 9.94. The summed E-state index contributed by atoms with van der Waals surface area (Å²) in [7, 11) is 0. The molecule has 2 heterocycles. The number of hydrogen-bond acceptors (Lipinski definition) is 6. The summed E-state index contributed by atoms with van der Waals surface area (Å²) >= 11 is 6.33. The maximum absolute atomic E-state index is 13.2. The van der Waals surface area contributed by atoms with Crippen LogP contribution < -0.4 is 0 Å². The van der Waals surface area contributed by atoms with Crippen molar-refractivity contribution in [2.45, 2.75) is 45.1 Å². The molecule has 140 valence electrons. The SMILES string of the molecule is Cc1nnc(/N=C2/S/C(=C\c3ccc(Br)cc3)C(=O)N2C2CCCCC2)s1. The van der Waals surface area contributed by atoms with Crippen molar-refractivity contribution in [1.29, 1.82) is 0 Å². The molecule has 1 saturated heterocycles. The van der Waals surface area contributed by atoms with E-state index in [2.05, 4.69) is 31.1 Å². The molecule has 0 atom stereocenters. The van der Waals surface area contributed by atoms with Crippen molar-refractivity contribution in [3.05, 3.63) is 44.2 Å². The smallest absolute Gasteiger partial charge is 0.267 e. The van der Waals surface area contributed by atoms with Gasteiger partial charge in [-0.3, -0.25) is 9.69 Å². The predicted molar refractivity (Wildman–Crippen MR) is 115 cm³/mol. The van der Waals surface area contributed by atoms with E-state index in [4.69, 9.17) is 0 Å². The van der Waals surface area contributed by atoms with Crippen LogP contribution in [0.2, 0.25) is 0 Å². The van der Waals surface area contributed by atoms with Gasteiger partial charge in [0.2, 0.25) is 5.13 Å². The fourth-order valence-electron chi connectivity index (χ4n) is 3.35. The number of carbonyl (C=O) groups is 1. The van der Waals surface area contributed by atoms with Gasteiger partial charge in [-0.25, -0.2) is 0 Å². The van der Waals surface area contributed by atoms with Crippen molar-refractivity contribution in [2.75, 3.05) is 0 Å². The maximum Gasteiger partial charge on any atom is 0.267 e. The molecule has 8 heteroatoms. The quantitative estimate of drug-likeness (QED) is 0.561. The third-order valence-corrected chi connectivity index (χ3v) is 6.90. The number of carbonyl (C=O) groups excluding carboxylic acids is 1. The molecule has 0 radical (unpaired) electrons. The number of amidine groups is 1. The van der Waals surface area contributed by atoms with Crippen molar-refractivity contribution < 1.29 is 4.79 Å². The number of aromatic nitrogens is 2. The summed E-state index contributed by atoms with van der Waals surface area (Å²) < 4.78 is 1.02. The van der Waals surface area contributed by atoms with Gasteiger partial charge in [0, 0.05) is 10.5 Å². The summed E-state index contributed by atoms with van der Waals surface area (Å²) in [4.78, 5) is 20.5. The van der Waals surface area contributed by atoms with Crippen LogP contribution in [0, 0.1) is 6.92 Å². The highest BCUT2D eigenvalue weighted by Crippen LogP contribution is 2.38. The van der Waals surface area contributed by atoms with Gasteiger partial charge < -0.3 is 0 Å². The molecular formula is C19H19BrN4OS2. The van der Waals surface area contributed by atoms with E-state index < -0.39 is 0 Å². The molecule has 27 heavy (non-hydrogen) atoms. The molecule has 0 spiro atoms. The lowest BCUT2D eigenvalue weighted by Crippen LogP contribution is -2.40. The average Bonchev–Trinajstić information content (AvgIpc) is 3.21. The summed E-state index contributed by atoms with van der Waals surface area (Å²) in [6, 6.07) is 8.18. The van der Waals surface area contributed by atoms with Gasteiger partial charge in [0.05, 0.1) is 4.91 Å². The standard InChI is InChI=1S/C19H19BrN4OS2/c1-12-22-23-18(26-12)21-19-24(15-5-3-2-4-6-15)17(25)16(27-19)11-13-7-9-14(20)10-8-13/h7-11,15H,2-6H2,1H3/b16-11-,21-19+.